The smallest absolute Gasteiger partial charge is 0.313 e. The second-order valence-electron chi connectivity index (χ2n) is 7.28. The van der Waals surface area contributed by atoms with Gasteiger partial charge in [0.2, 0.25) is 0 Å². The molecule has 1 atom stereocenters. The van der Waals surface area contributed by atoms with Crippen molar-refractivity contribution in [1.82, 2.24) is 5.32 Å². The first-order valence-corrected chi connectivity index (χ1v) is 9.40. The Hall–Kier alpha value is -2.82. The van der Waals surface area contributed by atoms with E-state index in [1.807, 2.05) is 54.6 Å². The van der Waals surface area contributed by atoms with E-state index in [9.17, 15) is 9.59 Å². The summed E-state index contributed by atoms with van der Waals surface area (Å²) in [6.45, 7) is 0.0248. The summed E-state index contributed by atoms with van der Waals surface area (Å²) < 4.78 is 10.9. The first-order valence-electron chi connectivity index (χ1n) is 9.40. The highest BCUT2D eigenvalue weighted by Gasteiger charge is 2.40. The zero-order valence-electron chi connectivity index (χ0n) is 15.1. The Kier molecular flexibility index (Phi) is 4.84. The molecule has 0 spiro atoms. The van der Waals surface area contributed by atoms with Crippen LogP contribution in [0, 0.1) is 5.92 Å². The number of para-hydroxylation sites is 1. The number of nitrogens with one attached hydrogen (secondary N) is 1. The molecule has 2 aliphatic rings. The number of hydrogen-bond donors (Lipinski definition) is 1. The molecular formula is C22H23NO4. The lowest BCUT2D eigenvalue weighted by Crippen LogP contribution is -2.52. The van der Waals surface area contributed by atoms with Gasteiger partial charge in [0, 0.05) is 0 Å². The zero-order chi connectivity index (χ0) is 18.7. The van der Waals surface area contributed by atoms with E-state index in [0.29, 0.717) is 6.42 Å². The molecule has 1 N–H and O–H groups in total. The van der Waals surface area contributed by atoms with Gasteiger partial charge in [0.25, 0.3) is 5.91 Å². The highest BCUT2D eigenvalue weighted by molar-refractivity contribution is 5.82. The number of benzene rings is 2. The molecule has 2 aromatic rings. The topological polar surface area (TPSA) is 64.6 Å². The molecule has 27 heavy (non-hydrogen) atoms. The lowest BCUT2D eigenvalue weighted by Gasteiger charge is -2.43. The van der Waals surface area contributed by atoms with Gasteiger partial charge in [0.05, 0.1) is 11.5 Å². The second kappa shape index (κ2) is 7.43. The fourth-order valence-corrected chi connectivity index (χ4v) is 3.81. The van der Waals surface area contributed by atoms with Gasteiger partial charge < -0.3 is 14.8 Å². The minimum Gasteiger partial charge on any atom is -0.492 e. The van der Waals surface area contributed by atoms with Crippen molar-refractivity contribution in [3.05, 3.63) is 65.7 Å². The Balaban J connectivity index is 1.31. The van der Waals surface area contributed by atoms with E-state index in [1.165, 1.54) is 0 Å². The molecular weight excluding hydrogens is 342 g/mol. The number of carbonyl (C=O) groups is 2. The Bertz CT molecular complexity index is 829. The number of ether oxygens (including phenoxy) is 2. The van der Waals surface area contributed by atoms with Gasteiger partial charge in [-0.25, -0.2) is 0 Å². The van der Waals surface area contributed by atoms with E-state index in [1.54, 1.807) is 0 Å². The average Bonchev–Trinajstić information content (AvgIpc) is 2.69. The fourth-order valence-electron chi connectivity index (χ4n) is 3.81. The van der Waals surface area contributed by atoms with Crippen molar-refractivity contribution in [3.63, 3.8) is 0 Å². The van der Waals surface area contributed by atoms with Crippen LogP contribution in [0.15, 0.2) is 54.6 Å². The van der Waals surface area contributed by atoms with Gasteiger partial charge in [0.15, 0.2) is 6.61 Å². The molecule has 140 valence electrons. The van der Waals surface area contributed by atoms with Crippen molar-refractivity contribution in [3.8, 4) is 5.75 Å². The van der Waals surface area contributed by atoms with Crippen molar-refractivity contribution >= 4 is 11.9 Å². The highest BCUT2D eigenvalue weighted by atomic mass is 16.5. The van der Waals surface area contributed by atoms with Gasteiger partial charge in [-0.15, -0.1) is 0 Å². The second-order valence-corrected chi connectivity index (χ2v) is 7.28. The van der Waals surface area contributed by atoms with Crippen LogP contribution in [-0.2, 0) is 26.3 Å². The van der Waals surface area contributed by atoms with Crippen molar-refractivity contribution in [2.45, 2.75) is 31.2 Å². The Morgan fingerprint density at radius 2 is 1.81 bits per heavy atom. The number of amides is 1. The van der Waals surface area contributed by atoms with Crippen LogP contribution in [0.2, 0.25) is 0 Å². The molecule has 1 aliphatic carbocycles. The molecule has 5 nitrogen and oxygen atoms in total. The summed E-state index contributed by atoms with van der Waals surface area (Å²) in [5, 5.41) is 3.07. The lowest BCUT2D eigenvalue weighted by molar-refractivity contribution is -0.154. The third kappa shape index (κ3) is 3.68. The number of hydrogen-bond acceptors (Lipinski definition) is 4. The van der Waals surface area contributed by atoms with E-state index in [-0.39, 0.29) is 36.5 Å². The van der Waals surface area contributed by atoms with Crippen molar-refractivity contribution < 1.29 is 19.1 Å². The molecule has 0 aromatic heterocycles. The summed E-state index contributed by atoms with van der Waals surface area (Å²) in [6.07, 6.45) is 3.46. The molecule has 1 amide bonds. The van der Waals surface area contributed by atoms with Crippen LogP contribution < -0.4 is 10.1 Å². The standard InChI is InChI=1S/C22H23NO4/c24-20(23-22(11-6-12-22)18-8-2-1-3-9-18)15-27-21(25)17-13-16-7-4-5-10-19(16)26-14-17/h1-5,7-10,17H,6,11-15H2,(H,23,24)/t17-/m1/s1. The maximum absolute atomic E-state index is 12.4. The number of fused-ring (bicyclic) bond motifs is 1. The van der Waals surface area contributed by atoms with E-state index in [0.717, 1.165) is 36.1 Å². The molecule has 5 heteroatoms. The third-order valence-electron chi connectivity index (χ3n) is 5.47. The number of rotatable bonds is 5. The largest absolute Gasteiger partial charge is 0.492 e. The van der Waals surface area contributed by atoms with Crippen LogP contribution in [0.1, 0.15) is 30.4 Å². The summed E-state index contributed by atoms with van der Waals surface area (Å²) in [7, 11) is 0. The van der Waals surface area contributed by atoms with Crippen LogP contribution in [0.4, 0.5) is 0 Å². The summed E-state index contributed by atoms with van der Waals surface area (Å²) in [4.78, 5) is 24.7. The summed E-state index contributed by atoms with van der Waals surface area (Å²) in [5.74, 6) is -0.209. The van der Waals surface area contributed by atoms with E-state index >= 15 is 0 Å². The van der Waals surface area contributed by atoms with Crippen LogP contribution in [-0.4, -0.2) is 25.1 Å². The molecule has 0 bridgehead atoms. The highest BCUT2D eigenvalue weighted by Crippen LogP contribution is 2.41. The zero-order valence-corrected chi connectivity index (χ0v) is 15.1. The minimum absolute atomic E-state index is 0.258. The Labute approximate surface area is 158 Å². The monoisotopic (exact) mass is 365 g/mol. The fraction of sp³-hybridized carbons (Fsp3) is 0.364. The average molecular weight is 365 g/mol. The summed E-state index contributed by atoms with van der Waals surface area (Å²) in [5.41, 5.74) is 1.78. The van der Waals surface area contributed by atoms with Gasteiger partial charge in [-0.2, -0.15) is 0 Å². The van der Waals surface area contributed by atoms with Crippen molar-refractivity contribution in [1.29, 1.82) is 0 Å². The predicted molar refractivity (Wildman–Crippen MR) is 100 cm³/mol. The van der Waals surface area contributed by atoms with Crippen LogP contribution in [0.25, 0.3) is 0 Å². The van der Waals surface area contributed by atoms with Crippen LogP contribution in [0.5, 0.6) is 5.75 Å². The lowest BCUT2D eigenvalue weighted by atomic mass is 9.72. The van der Waals surface area contributed by atoms with E-state index in [2.05, 4.69) is 5.32 Å². The maximum atomic E-state index is 12.4. The van der Waals surface area contributed by atoms with Gasteiger partial charge in [-0.3, -0.25) is 9.59 Å². The molecule has 4 rings (SSSR count). The molecule has 1 heterocycles. The van der Waals surface area contributed by atoms with E-state index < -0.39 is 0 Å². The van der Waals surface area contributed by atoms with E-state index in [4.69, 9.17) is 9.47 Å². The molecule has 0 saturated heterocycles. The summed E-state index contributed by atoms with van der Waals surface area (Å²) >= 11 is 0. The molecule has 0 unspecified atom stereocenters. The molecule has 1 fully saturated rings. The third-order valence-corrected chi connectivity index (χ3v) is 5.47. The van der Waals surface area contributed by atoms with Crippen molar-refractivity contribution in [2.24, 2.45) is 5.92 Å². The maximum Gasteiger partial charge on any atom is 0.313 e. The minimum atomic E-state index is -0.387. The van der Waals surface area contributed by atoms with Crippen LogP contribution >= 0.6 is 0 Å². The number of esters is 1. The molecule has 1 saturated carbocycles. The molecule has 0 radical (unpaired) electrons. The Morgan fingerprint density at radius 1 is 1.07 bits per heavy atom. The Morgan fingerprint density at radius 3 is 2.56 bits per heavy atom. The quantitative estimate of drug-likeness (QED) is 0.828. The molecule has 1 aliphatic heterocycles. The SMILES string of the molecule is O=C(COC(=O)[C@H]1COc2ccccc2C1)NC1(c2ccccc2)CCC1. The first kappa shape index (κ1) is 17.6. The van der Waals surface area contributed by atoms with Gasteiger partial charge in [-0.1, -0.05) is 48.5 Å². The predicted octanol–water partition coefficient (Wildman–Crippen LogP) is 2.98. The van der Waals surface area contributed by atoms with Gasteiger partial charge in [0.1, 0.15) is 12.4 Å². The number of carbonyl (C=O) groups excluding carboxylic acids is 2. The van der Waals surface area contributed by atoms with Crippen molar-refractivity contribution in [2.75, 3.05) is 13.2 Å². The van der Waals surface area contributed by atoms with Gasteiger partial charge in [-0.05, 0) is 42.9 Å². The normalized spacial score (nSPS) is 19.8. The van der Waals surface area contributed by atoms with Gasteiger partial charge >= 0.3 is 5.97 Å². The molecule has 2 aromatic carbocycles. The summed E-state index contributed by atoms with van der Waals surface area (Å²) in [6, 6.07) is 17.6. The first-order chi connectivity index (χ1) is 13.2. The van der Waals surface area contributed by atoms with Crippen LogP contribution in [0.3, 0.4) is 0 Å².